The van der Waals surface area contributed by atoms with Crippen molar-refractivity contribution < 1.29 is 28.7 Å². The SMILES string of the molecule is CCOc1ccc(N2C(=O)[C@@H]3[C@H](c4ccccc4)OC4(C(=O)c5ccccc5C4=O)[C@H]3C2=O)cc1. The van der Waals surface area contributed by atoms with Gasteiger partial charge in [0.1, 0.15) is 5.75 Å². The molecule has 0 N–H and O–H groups in total. The number of imide groups is 1. The quantitative estimate of drug-likeness (QED) is 0.429. The summed E-state index contributed by atoms with van der Waals surface area (Å²) in [4.78, 5) is 56.2. The zero-order valence-electron chi connectivity index (χ0n) is 18.8. The van der Waals surface area contributed by atoms with Crippen LogP contribution in [0, 0.1) is 11.8 Å². The van der Waals surface area contributed by atoms with Crippen LogP contribution in [0.3, 0.4) is 0 Å². The summed E-state index contributed by atoms with van der Waals surface area (Å²) in [7, 11) is 0. The molecule has 6 rings (SSSR count). The number of fused-ring (bicyclic) bond motifs is 3. The highest BCUT2D eigenvalue weighted by atomic mass is 16.5. The van der Waals surface area contributed by atoms with E-state index in [1.54, 1.807) is 72.8 Å². The Hall–Kier alpha value is -4.10. The maximum absolute atomic E-state index is 13.9. The molecule has 2 amide bonds. The molecule has 1 aliphatic carbocycles. The Balaban J connectivity index is 1.49. The van der Waals surface area contributed by atoms with Crippen molar-refractivity contribution in [1.82, 2.24) is 0 Å². The third-order valence-electron chi connectivity index (χ3n) is 7.05. The van der Waals surface area contributed by atoms with Gasteiger partial charge in [0.05, 0.1) is 30.2 Å². The van der Waals surface area contributed by atoms with Gasteiger partial charge in [-0.25, -0.2) is 4.90 Å². The first-order valence-corrected chi connectivity index (χ1v) is 11.5. The molecule has 2 aliphatic heterocycles. The average molecular weight is 467 g/mol. The van der Waals surface area contributed by atoms with E-state index in [9.17, 15) is 19.2 Å². The number of carbonyl (C=O) groups is 4. The van der Waals surface area contributed by atoms with Gasteiger partial charge in [-0.15, -0.1) is 0 Å². The summed E-state index contributed by atoms with van der Waals surface area (Å²) in [6, 6.07) is 22.0. The van der Waals surface area contributed by atoms with Gasteiger partial charge in [0.15, 0.2) is 0 Å². The Morgan fingerprint density at radius 2 is 1.40 bits per heavy atom. The summed E-state index contributed by atoms with van der Waals surface area (Å²) < 4.78 is 11.7. The summed E-state index contributed by atoms with van der Waals surface area (Å²) in [5, 5.41) is 0. The van der Waals surface area contributed by atoms with Crippen LogP contribution in [0.25, 0.3) is 0 Å². The van der Waals surface area contributed by atoms with Crippen molar-refractivity contribution in [2.75, 3.05) is 11.5 Å². The monoisotopic (exact) mass is 467 g/mol. The Bertz CT molecular complexity index is 1350. The fraction of sp³-hybridized carbons (Fsp3) is 0.214. The molecule has 0 radical (unpaired) electrons. The molecule has 35 heavy (non-hydrogen) atoms. The molecule has 7 heteroatoms. The molecular weight excluding hydrogens is 446 g/mol. The Morgan fingerprint density at radius 1 is 0.800 bits per heavy atom. The van der Waals surface area contributed by atoms with Gasteiger partial charge in [-0.2, -0.15) is 0 Å². The number of anilines is 1. The van der Waals surface area contributed by atoms with Crippen LogP contribution < -0.4 is 9.64 Å². The Kier molecular flexibility index (Phi) is 4.72. The molecule has 3 aromatic rings. The number of amides is 2. The maximum atomic E-state index is 13.9. The zero-order valence-corrected chi connectivity index (χ0v) is 18.8. The molecule has 2 fully saturated rings. The molecular formula is C28H21NO6. The van der Waals surface area contributed by atoms with Crippen LogP contribution in [0.15, 0.2) is 78.9 Å². The highest BCUT2D eigenvalue weighted by Gasteiger charge is 2.74. The third-order valence-corrected chi connectivity index (χ3v) is 7.05. The third kappa shape index (κ3) is 2.82. The molecule has 3 aromatic carbocycles. The van der Waals surface area contributed by atoms with Crippen molar-refractivity contribution in [1.29, 1.82) is 0 Å². The molecule has 0 bridgehead atoms. The van der Waals surface area contributed by atoms with Gasteiger partial charge in [0.2, 0.25) is 29.0 Å². The number of nitrogens with zero attached hydrogens (tertiary/aromatic N) is 1. The van der Waals surface area contributed by atoms with Crippen LogP contribution in [-0.4, -0.2) is 35.6 Å². The van der Waals surface area contributed by atoms with Crippen molar-refractivity contribution in [3.05, 3.63) is 95.6 Å². The molecule has 3 atom stereocenters. The number of carbonyl (C=O) groups excluding carboxylic acids is 4. The lowest BCUT2D eigenvalue weighted by Gasteiger charge is -2.27. The normalized spacial score (nSPS) is 24.3. The maximum Gasteiger partial charge on any atom is 0.241 e. The molecule has 174 valence electrons. The van der Waals surface area contributed by atoms with Crippen LogP contribution in [0.2, 0.25) is 0 Å². The Labute approximate surface area is 201 Å². The van der Waals surface area contributed by atoms with E-state index in [1.807, 2.05) is 13.0 Å². The number of Topliss-reactive ketones (excluding diaryl/α,β-unsaturated/α-hetero) is 2. The van der Waals surface area contributed by atoms with Gasteiger partial charge in [0, 0.05) is 11.1 Å². The molecule has 7 nitrogen and oxygen atoms in total. The Morgan fingerprint density at radius 3 is 2.00 bits per heavy atom. The second kappa shape index (κ2) is 7.71. The lowest BCUT2D eigenvalue weighted by Crippen LogP contribution is -2.51. The summed E-state index contributed by atoms with van der Waals surface area (Å²) >= 11 is 0. The summed E-state index contributed by atoms with van der Waals surface area (Å²) in [6.45, 7) is 2.34. The number of benzene rings is 3. The van der Waals surface area contributed by atoms with Crippen molar-refractivity contribution in [3.63, 3.8) is 0 Å². The highest BCUT2D eigenvalue weighted by molar-refractivity contribution is 6.37. The van der Waals surface area contributed by atoms with Crippen molar-refractivity contribution >= 4 is 29.1 Å². The van der Waals surface area contributed by atoms with Crippen LogP contribution in [0.4, 0.5) is 5.69 Å². The van der Waals surface area contributed by atoms with E-state index in [-0.39, 0.29) is 11.1 Å². The molecule has 1 spiro atoms. The van der Waals surface area contributed by atoms with Crippen molar-refractivity contribution in [2.45, 2.75) is 18.6 Å². The van der Waals surface area contributed by atoms with Crippen LogP contribution in [-0.2, 0) is 14.3 Å². The number of hydrogen-bond acceptors (Lipinski definition) is 6. The number of ether oxygens (including phenoxy) is 2. The van der Waals surface area contributed by atoms with E-state index < -0.39 is 46.9 Å². The summed E-state index contributed by atoms with van der Waals surface area (Å²) in [6.07, 6.45) is -0.924. The fourth-order valence-corrected chi connectivity index (χ4v) is 5.57. The van der Waals surface area contributed by atoms with E-state index in [0.29, 0.717) is 23.6 Å². The number of rotatable bonds is 4. The van der Waals surface area contributed by atoms with Gasteiger partial charge >= 0.3 is 0 Å². The summed E-state index contributed by atoms with van der Waals surface area (Å²) in [5.74, 6) is -3.92. The van der Waals surface area contributed by atoms with Gasteiger partial charge < -0.3 is 9.47 Å². The molecule has 0 aromatic heterocycles. The van der Waals surface area contributed by atoms with Gasteiger partial charge in [-0.05, 0) is 36.8 Å². The molecule has 0 saturated carbocycles. The smallest absolute Gasteiger partial charge is 0.241 e. The van der Waals surface area contributed by atoms with Crippen molar-refractivity contribution in [2.24, 2.45) is 11.8 Å². The van der Waals surface area contributed by atoms with Gasteiger partial charge in [-0.3, -0.25) is 19.2 Å². The first-order valence-electron chi connectivity index (χ1n) is 11.5. The van der Waals surface area contributed by atoms with Gasteiger partial charge in [0.25, 0.3) is 0 Å². The lowest BCUT2D eigenvalue weighted by molar-refractivity contribution is -0.127. The zero-order chi connectivity index (χ0) is 24.3. The summed E-state index contributed by atoms with van der Waals surface area (Å²) in [5.41, 5.74) is -0.656. The topological polar surface area (TPSA) is 90.0 Å². The van der Waals surface area contributed by atoms with E-state index in [4.69, 9.17) is 9.47 Å². The van der Waals surface area contributed by atoms with Crippen LogP contribution in [0.5, 0.6) is 5.75 Å². The second-order valence-corrected chi connectivity index (χ2v) is 8.83. The lowest BCUT2D eigenvalue weighted by atomic mass is 9.77. The van der Waals surface area contributed by atoms with E-state index in [0.717, 1.165) is 4.90 Å². The molecule has 2 saturated heterocycles. The molecule has 0 unspecified atom stereocenters. The standard InChI is InChI=1S/C28H21NO6/c1-2-34-18-14-12-17(13-15-18)29-26(32)21-22(27(29)33)28(35-23(21)16-8-4-3-5-9-16)24(30)19-10-6-7-11-20(19)25(28)31/h3-15,21-23H,2H2,1H3/t21-,22+,23-/m0/s1. The minimum atomic E-state index is -2.07. The average Bonchev–Trinajstić information content (AvgIpc) is 3.45. The predicted molar refractivity (Wildman–Crippen MR) is 125 cm³/mol. The first-order chi connectivity index (χ1) is 17.0. The minimum absolute atomic E-state index is 0.213. The van der Waals surface area contributed by atoms with Crippen LogP contribution in [0.1, 0.15) is 39.3 Å². The van der Waals surface area contributed by atoms with Crippen LogP contribution >= 0.6 is 0 Å². The molecule has 2 heterocycles. The second-order valence-electron chi connectivity index (χ2n) is 8.83. The number of ketones is 2. The number of hydrogen-bond donors (Lipinski definition) is 0. The first kappa shape index (κ1) is 21.4. The van der Waals surface area contributed by atoms with Gasteiger partial charge in [-0.1, -0.05) is 54.6 Å². The molecule has 3 aliphatic rings. The van der Waals surface area contributed by atoms with Crippen molar-refractivity contribution in [3.8, 4) is 5.75 Å². The minimum Gasteiger partial charge on any atom is -0.494 e. The van der Waals surface area contributed by atoms with E-state index in [2.05, 4.69) is 0 Å². The predicted octanol–water partition coefficient (Wildman–Crippen LogP) is 3.78. The van der Waals surface area contributed by atoms with E-state index >= 15 is 0 Å². The fourth-order valence-electron chi connectivity index (χ4n) is 5.57. The highest BCUT2D eigenvalue weighted by Crippen LogP contribution is 2.57. The van der Waals surface area contributed by atoms with E-state index in [1.165, 1.54) is 0 Å². The largest absolute Gasteiger partial charge is 0.494 e.